The van der Waals surface area contributed by atoms with Crippen LogP contribution in [0.15, 0.2) is 316 Å². The highest BCUT2D eigenvalue weighted by molar-refractivity contribution is 6.08. The summed E-state index contributed by atoms with van der Waals surface area (Å²) in [5.41, 5.74) is 15.8. The van der Waals surface area contributed by atoms with Crippen molar-refractivity contribution in [2.24, 2.45) is 0 Å². The van der Waals surface area contributed by atoms with Gasteiger partial charge in [-0.3, -0.25) is 9.97 Å². The van der Waals surface area contributed by atoms with Crippen molar-refractivity contribution in [1.82, 2.24) is 39.9 Å². The maximum Gasteiger partial charge on any atom is 0.164 e. The number of benzene rings is 12. The molecule has 8 heteroatoms. The Morgan fingerprint density at radius 1 is 0.182 bits per heavy atom. The molecule has 16 aromatic rings. The number of aromatic nitrogens is 8. The van der Waals surface area contributed by atoms with Gasteiger partial charge in [0.25, 0.3) is 0 Å². The van der Waals surface area contributed by atoms with Crippen LogP contribution in [0.4, 0.5) is 0 Å². The van der Waals surface area contributed by atoms with Crippen LogP contribution in [-0.2, 0) is 0 Å². The van der Waals surface area contributed by atoms with E-state index < -0.39 is 0 Å². The van der Waals surface area contributed by atoms with Gasteiger partial charge in [0.2, 0.25) is 0 Å². The summed E-state index contributed by atoms with van der Waals surface area (Å²) in [6, 6.07) is 102. The van der Waals surface area contributed by atoms with Crippen molar-refractivity contribution in [2.75, 3.05) is 0 Å². The van der Waals surface area contributed by atoms with Gasteiger partial charge in [0.05, 0.1) is 5.52 Å². The average Bonchev–Trinajstić information content (AvgIpc) is 3.81. The first-order valence-electron chi connectivity index (χ1n) is 29.3. The molecule has 16 rings (SSSR count). The van der Waals surface area contributed by atoms with Crippen LogP contribution in [-0.4, -0.2) is 39.9 Å². The van der Waals surface area contributed by atoms with E-state index in [-0.39, 0.29) is 0 Å². The van der Waals surface area contributed by atoms with E-state index in [0.717, 1.165) is 83.1 Å². The van der Waals surface area contributed by atoms with Crippen molar-refractivity contribution >= 4 is 43.2 Å². The van der Waals surface area contributed by atoms with Gasteiger partial charge in [-0.1, -0.05) is 279 Å². The van der Waals surface area contributed by atoms with E-state index in [1.165, 1.54) is 38.1 Å². The quantitative estimate of drug-likeness (QED) is 0.125. The first-order valence-corrected chi connectivity index (χ1v) is 29.3. The Kier molecular flexibility index (Phi) is 14.1. The molecule has 0 unspecified atom stereocenters. The molecule has 0 radical (unpaired) electrons. The lowest BCUT2D eigenvalue weighted by molar-refractivity contribution is 1.07. The molecule has 0 spiro atoms. The Morgan fingerprint density at radius 2 is 0.500 bits per heavy atom. The van der Waals surface area contributed by atoms with Crippen LogP contribution in [0, 0.1) is 0 Å². The van der Waals surface area contributed by atoms with Crippen LogP contribution in [0.25, 0.3) is 156 Å². The summed E-state index contributed by atoms with van der Waals surface area (Å²) in [5.74, 6) is 3.87. The summed E-state index contributed by atoms with van der Waals surface area (Å²) in [4.78, 5) is 38.5. The van der Waals surface area contributed by atoms with Crippen LogP contribution >= 0.6 is 0 Å². The average molecular weight is 1130 g/mol. The van der Waals surface area contributed by atoms with Gasteiger partial charge in [-0.05, 0) is 84.3 Å². The molecule has 0 bridgehead atoms. The molecule has 0 aliphatic carbocycles. The Balaban J connectivity index is 0.000000148. The zero-order chi connectivity index (χ0) is 58.6. The number of fused-ring (bicyclic) bond motifs is 6. The summed E-state index contributed by atoms with van der Waals surface area (Å²) < 4.78 is 0. The van der Waals surface area contributed by atoms with Gasteiger partial charge in [0.15, 0.2) is 34.9 Å². The number of rotatable bonds is 10. The molecule has 8 nitrogen and oxygen atoms in total. The van der Waals surface area contributed by atoms with E-state index in [2.05, 4.69) is 223 Å². The maximum absolute atomic E-state index is 4.95. The fourth-order valence-electron chi connectivity index (χ4n) is 11.3. The van der Waals surface area contributed by atoms with E-state index >= 15 is 0 Å². The first-order chi connectivity index (χ1) is 43.6. The summed E-state index contributed by atoms with van der Waals surface area (Å²) in [7, 11) is 0. The van der Waals surface area contributed by atoms with Crippen molar-refractivity contribution in [3.05, 3.63) is 316 Å². The predicted molar refractivity (Wildman–Crippen MR) is 360 cm³/mol. The lowest BCUT2D eigenvalue weighted by Crippen LogP contribution is -2.00. The Morgan fingerprint density at radius 3 is 0.955 bits per heavy atom. The van der Waals surface area contributed by atoms with E-state index in [9.17, 15) is 0 Å². The van der Waals surface area contributed by atoms with Crippen molar-refractivity contribution in [1.29, 1.82) is 0 Å². The van der Waals surface area contributed by atoms with Crippen LogP contribution in [0.3, 0.4) is 0 Å². The maximum atomic E-state index is 4.95. The summed E-state index contributed by atoms with van der Waals surface area (Å²) in [5, 5.41) is 8.29. The van der Waals surface area contributed by atoms with Crippen molar-refractivity contribution < 1.29 is 0 Å². The number of hydrogen-bond acceptors (Lipinski definition) is 8. The van der Waals surface area contributed by atoms with Gasteiger partial charge in [0, 0.05) is 68.1 Å². The molecule has 412 valence electrons. The van der Waals surface area contributed by atoms with Crippen molar-refractivity contribution in [3.8, 4) is 113 Å². The number of hydrogen-bond donors (Lipinski definition) is 0. The highest BCUT2D eigenvalue weighted by Gasteiger charge is 2.16. The van der Waals surface area contributed by atoms with Gasteiger partial charge < -0.3 is 0 Å². The number of nitrogens with zero attached hydrogens (tertiary/aromatic N) is 8. The van der Waals surface area contributed by atoms with Gasteiger partial charge in [-0.2, -0.15) is 0 Å². The van der Waals surface area contributed by atoms with E-state index in [4.69, 9.17) is 34.9 Å². The third-order valence-corrected chi connectivity index (χ3v) is 16.0. The lowest BCUT2D eigenvalue weighted by atomic mass is 9.97. The highest BCUT2D eigenvalue weighted by atomic mass is 15.0. The molecule has 0 saturated heterocycles. The second kappa shape index (κ2) is 23.6. The SMILES string of the molecule is c1ccc(-c2ccc(-c3nc(-c4ccccc4)nc(-c4ccc(-c5ccc6c(c5)ncc5ccccc56)cc4)n3)cc2)cc1.c1ccc(-c2ccc(-c3nc(-c4ccccc4)nc(-c4ccc(-c5ccc6c(ccc7ccncc76)c5)cc4)n3)cc2)cc1. The summed E-state index contributed by atoms with van der Waals surface area (Å²) in [6.45, 7) is 0. The molecule has 88 heavy (non-hydrogen) atoms. The van der Waals surface area contributed by atoms with E-state index in [1.807, 2.05) is 97.5 Å². The van der Waals surface area contributed by atoms with Gasteiger partial charge >= 0.3 is 0 Å². The van der Waals surface area contributed by atoms with Crippen LogP contribution in [0.1, 0.15) is 0 Å². The Labute approximate surface area is 509 Å². The predicted octanol–water partition coefficient (Wildman–Crippen LogP) is 19.8. The lowest BCUT2D eigenvalue weighted by Gasteiger charge is -2.10. The van der Waals surface area contributed by atoms with E-state index in [1.54, 1.807) is 0 Å². The minimum Gasteiger partial charge on any atom is -0.264 e. The fourth-order valence-corrected chi connectivity index (χ4v) is 11.3. The minimum atomic E-state index is 0.638. The third kappa shape index (κ3) is 10.9. The second-order valence-electron chi connectivity index (χ2n) is 21.6. The molecule has 0 N–H and O–H groups in total. The summed E-state index contributed by atoms with van der Waals surface area (Å²) >= 11 is 0. The Bertz CT molecular complexity index is 4820. The van der Waals surface area contributed by atoms with Crippen molar-refractivity contribution in [2.45, 2.75) is 0 Å². The van der Waals surface area contributed by atoms with Crippen molar-refractivity contribution in [3.63, 3.8) is 0 Å². The third-order valence-electron chi connectivity index (χ3n) is 16.0. The fraction of sp³-hybridized carbons (Fsp3) is 0. The molecule has 0 aliphatic heterocycles. The standard InChI is InChI=1S/2C40H26N4/c1-3-9-27(10-4-1)28-15-19-31(20-16-28)39-42-38(30-11-5-2-6-12-30)43-40(44-39)32-21-17-29(18-22-32)33-23-24-36-35-14-8-7-13-34(35)26-41-37(36)25-33;1-3-7-27(8-4-1)28-11-16-32(17-12-28)39-42-38(31-9-5-2-6-10-31)43-40(44-39)33-18-13-29(14-19-33)34-21-22-36-35(25-34)20-15-30-23-24-41-26-37(30)36/h2*1-26H. The molecule has 4 aromatic heterocycles. The highest BCUT2D eigenvalue weighted by Crippen LogP contribution is 2.35. The van der Waals surface area contributed by atoms with Crippen LogP contribution in [0.2, 0.25) is 0 Å². The largest absolute Gasteiger partial charge is 0.264 e. The molecular formula is C80H52N8. The topological polar surface area (TPSA) is 103 Å². The molecule has 0 atom stereocenters. The molecule has 0 aliphatic rings. The van der Waals surface area contributed by atoms with E-state index in [0.29, 0.717) is 34.9 Å². The number of pyridine rings is 2. The molecule has 0 amide bonds. The first kappa shape index (κ1) is 52.8. The van der Waals surface area contributed by atoms with Gasteiger partial charge in [-0.25, -0.2) is 29.9 Å². The zero-order valence-corrected chi connectivity index (χ0v) is 47.6. The van der Waals surface area contributed by atoms with Crippen LogP contribution in [0.5, 0.6) is 0 Å². The minimum absolute atomic E-state index is 0.638. The molecule has 0 fully saturated rings. The molecule has 0 saturated carbocycles. The zero-order valence-electron chi connectivity index (χ0n) is 47.6. The molecular weight excluding hydrogens is 1070 g/mol. The smallest absolute Gasteiger partial charge is 0.164 e. The van der Waals surface area contributed by atoms with Gasteiger partial charge in [0.1, 0.15) is 0 Å². The van der Waals surface area contributed by atoms with Gasteiger partial charge in [-0.15, -0.1) is 0 Å². The summed E-state index contributed by atoms with van der Waals surface area (Å²) in [6.07, 6.45) is 5.73. The molecule has 4 heterocycles. The molecule has 12 aromatic carbocycles. The second-order valence-corrected chi connectivity index (χ2v) is 21.6. The normalized spacial score (nSPS) is 11.2. The Hall–Kier alpha value is -12.0. The van der Waals surface area contributed by atoms with Crippen LogP contribution < -0.4 is 0 Å². The monoisotopic (exact) mass is 1120 g/mol.